The van der Waals surface area contributed by atoms with Crippen LogP contribution < -0.4 is 5.32 Å². The molecule has 0 unspecified atom stereocenters. The molecular weight excluding hydrogens is 254 g/mol. The summed E-state index contributed by atoms with van der Waals surface area (Å²) in [7, 11) is 0. The highest BCUT2D eigenvalue weighted by molar-refractivity contribution is 6.25. The molecule has 4 aromatic rings. The maximum atomic E-state index is 4.18. The lowest BCUT2D eigenvalue weighted by Crippen LogP contribution is -2.09. The van der Waals surface area contributed by atoms with E-state index >= 15 is 0 Å². The summed E-state index contributed by atoms with van der Waals surface area (Å²) in [6, 6.07) is 17.7. The van der Waals surface area contributed by atoms with Gasteiger partial charge in [-0.05, 0) is 50.0 Å². The van der Waals surface area contributed by atoms with Crippen LogP contribution in [0.5, 0.6) is 0 Å². The van der Waals surface area contributed by atoms with Crippen molar-refractivity contribution in [3.63, 3.8) is 0 Å². The summed E-state index contributed by atoms with van der Waals surface area (Å²) >= 11 is 0. The van der Waals surface area contributed by atoms with Gasteiger partial charge in [-0.25, -0.2) is 0 Å². The van der Waals surface area contributed by atoms with Gasteiger partial charge in [-0.3, -0.25) is 0 Å². The van der Waals surface area contributed by atoms with E-state index < -0.39 is 0 Å². The minimum atomic E-state index is 0.977. The van der Waals surface area contributed by atoms with Gasteiger partial charge in [0.1, 0.15) is 0 Å². The van der Waals surface area contributed by atoms with Gasteiger partial charge in [0.25, 0.3) is 0 Å². The Bertz CT molecular complexity index is 1050. The van der Waals surface area contributed by atoms with Gasteiger partial charge in [0, 0.05) is 17.5 Å². The molecule has 1 heteroatoms. The first-order chi connectivity index (χ1) is 10.3. The fraction of sp³-hybridized carbons (Fsp3) is 0. The Morgan fingerprint density at radius 1 is 0.810 bits per heavy atom. The van der Waals surface area contributed by atoms with E-state index in [2.05, 4.69) is 66.5 Å². The van der Waals surface area contributed by atoms with Crippen LogP contribution in [0, 0.1) is 0 Å². The van der Waals surface area contributed by atoms with E-state index in [0.29, 0.717) is 0 Å². The van der Waals surface area contributed by atoms with Crippen LogP contribution in [0.1, 0.15) is 11.1 Å². The summed E-state index contributed by atoms with van der Waals surface area (Å²) in [4.78, 5) is 0. The van der Waals surface area contributed by atoms with Gasteiger partial charge >= 0.3 is 0 Å². The molecule has 0 amide bonds. The SMILES string of the molecule is C=C1NC=Cc2cc3ccc4cccc5ccc(c21)c3c45. The van der Waals surface area contributed by atoms with Crippen molar-refractivity contribution in [3.8, 4) is 0 Å². The molecule has 0 spiro atoms. The van der Waals surface area contributed by atoms with Gasteiger partial charge in [-0.1, -0.05) is 49.0 Å². The monoisotopic (exact) mass is 267 g/mol. The molecule has 98 valence electrons. The molecule has 1 N–H and O–H groups in total. The lowest BCUT2D eigenvalue weighted by Gasteiger charge is -2.20. The molecule has 5 rings (SSSR count). The normalized spacial score (nSPS) is 14.0. The fourth-order valence-electron chi connectivity index (χ4n) is 3.61. The predicted molar refractivity (Wildman–Crippen MR) is 91.3 cm³/mol. The molecule has 0 aliphatic carbocycles. The average molecular weight is 267 g/mol. The minimum absolute atomic E-state index is 0.977. The van der Waals surface area contributed by atoms with Crippen molar-refractivity contribution in [2.24, 2.45) is 0 Å². The van der Waals surface area contributed by atoms with Gasteiger partial charge in [0.2, 0.25) is 0 Å². The van der Waals surface area contributed by atoms with Crippen molar-refractivity contribution >= 4 is 44.1 Å². The summed E-state index contributed by atoms with van der Waals surface area (Å²) in [5.41, 5.74) is 3.44. The topological polar surface area (TPSA) is 12.0 Å². The van der Waals surface area contributed by atoms with E-state index in [1.807, 2.05) is 6.20 Å². The summed E-state index contributed by atoms with van der Waals surface area (Å²) in [6.07, 6.45) is 4.08. The van der Waals surface area contributed by atoms with E-state index in [1.165, 1.54) is 43.4 Å². The Morgan fingerprint density at radius 2 is 1.57 bits per heavy atom. The molecule has 1 nitrogen and oxygen atoms in total. The summed E-state index contributed by atoms with van der Waals surface area (Å²) in [6.45, 7) is 4.18. The molecule has 1 aliphatic heterocycles. The van der Waals surface area contributed by atoms with Crippen LogP contribution in [0.3, 0.4) is 0 Å². The fourth-order valence-corrected chi connectivity index (χ4v) is 3.61. The maximum Gasteiger partial charge on any atom is 0.0392 e. The highest BCUT2D eigenvalue weighted by atomic mass is 14.9. The van der Waals surface area contributed by atoms with Crippen LogP contribution in [-0.2, 0) is 0 Å². The largest absolute Gasteiger partial charge is 0.362 e. The Labute approximate surface area is 122 Å². The van der Waals surface area contributed by atoms with Crippen LogP contribution in [0.4, 0.5) is 0 Å². The van der Waals surface area contributed by atoms with E-state index in [1.54, 1.807) is 0 Å². The lowest BCUT2D eigenvalue weighted by molar-refractivity contribution is 1.22. The Balaban J connectivity index is 2.14. The molecule has 0 atom stereocenters. The molecule has 0 fully saturated rings. The van der Waals surface area contributed by atoms with Crippen molar-refractivity contribution < 1.29 is 0 Å². The van der Waals surface area contributed by atoms with E-state index in [4.69, 9.17) is 0 Å². The van der Waals surface area contributed by atoms with Crippen molar-refractivity contribution in [3.05, 3.63) is 72.4 Å². The average Bonchev–Trinajstić information content (AvgIpc) is 2.52. The molecular formula is C20H13N. The van der Waals surface area contributed by atoms with E-state index in [-0.39, 0.29) is 0 Å². The maximum absolute atomic E-state index is 4.18. The van der Waals surface area contributed by atoms with Gasteiger partial charge in [0.05, 0.1) is 0 Å². The van der Waals surface area contributed by atoms with Crippen LogP contribution in [-0.4, -0.2) is 0 Å². The third-order valence-corrected chi connectivity index (χ3v) is 4.50. The second-order valence-electron chi connectivity index (χ2n) is 5.65. The molecule has 0 bridgehead atoms. The Hall–Kier alpha value is -2.80. The highest BCUT2D eigenvalue weighted by Gasteiger charge is 2.16. The Kier molecular flexibility index (Phi) is 1.90. The summed E-state index contributed by atoms with van der Waals surface area (Å²) in [5.74, 6) is 0. The molecule has 1 aliphatic rings. The molecule has 1 heterocycles. The summed E-state index contributed by atoms with van der Waals surface area (Å²) in [5, 5.41) is 11.1. The van der Waals surface area contributed by atoms with Crippen LogP contribution in [0.25, 0.3) is 44.1 Å². The molecule has 0 saturated heterocycles. The number of benzene rings is 4. The smallest absolute Gasteiger partial charge is 0.0392 e. The molecule has 0 radical (unpaired) electrons. The first-order valence-electron chi connectivity index (χ1n) is 7.16. The number of rotatable bonds is 0. The van der Waals surface area contributed by atoms with Crippen LogP contribution >= 0.6 is 0 Å². The van der Waals surface area contributed by atoms with Gasteiger partial charge in [-0.15, -0.1) is 0 Å². The zero-order valence-corrected chi connectivity index (χ0v) is 11.5. The van der Waals surface area contributed by atoms with E-state index in [9.17, 15) is 0 Å². The molecule has 0 aromatic heterocycles. The predicted octanol–water partition coefficient (Wildman–Crippen LogP) is 5.13. The van der Waals surface area contributed by atoms with Crippen LogP contribution in [0.15, 0.2) is 61.3 Å². The number of fused-ring (bicyclic) bond motifs is 2. The van der Waals surface area contributed by atoms with Crippen molar-refractivity contribution in [2.45, 2.75) is 0 Å². The standard InChI is InChI=1S/C20H13N/c1-12-18-16(9-10-21-12)11-15-6-5-13-3-2-4-14-7-8-17(18)20(15)19(13)14/h2-11,21H,1H2. The third kappa shape index (κ3) is 1.30. The van der Waals surface area contributed by atoms with E-state index in [0.717, 1.165) is 5.70 Å². The lowest BCUT2D eigenvalue weighted by atomic mass is 9.88. The van der Waals surface area contributed by atoms with Crippen molar-refractivity contribution in [1.29, 1.82) is 0 Å². The number of hydrogen-bond acceptors (Lipinski definition) is 1. The molecule has 4 aromatic carbocycles. The second kappa shape index (κ2) is 3.64. The quantitative estimate of drug-likeness (QED) is 0.435. The van der Waals surface area contributed by atoms with Gasteiger partial charge in [0.15, 0.2) is 0 Å². The molecule has 0 saturated carbocycles. The zero-order chi connectivity index (χ0) is 14.0. The third-order valence-electron chi connectivity index (χ3n) is 4.50. The Morgan fingerprint density at radius 3 is 2.43 bits per heavy atom. The van der Waals surface area contributed by atoms with Crippen molar-refractivity contribution in [1.82, 2.24) is 5.32 Å². The summed E-state index contributed by atoms with van der Waals surface area (Å²) < 4.78 is 0. The number of nitrogens with one attached hydrogen (secondary N) is 1. The number of hydrogen-bond donors (Lipinski definition) is 1. The minimum Gasteiger partial charge on any atom is -0.362 e. The first kappa shape index (κ1) is 10.9. The first-order valence-corrected chi connectivity index (χ1v) is 7.16. The molecule has 21 heavy (non-hydrogen) atoms. The van der Waals surface area contributed by atoms with Crippen LogP contribution in [0.2, 0.25) is 0 Å². The van der Waals surface area contributed by atoms with Crippen molar-refractivity contribution in [2.75, 3.05) is 0 Å². The second-order valence-corrected chi connectivity index (χ2v) is 5.65. The van der Waals surface area contributed by atoms with Gasteiger partial charge < -0.3 is 5.32 Å². The highest BCUT2D eigenvalue weighted by Crippen LogP contribution is 2.39. The van der Waals surface area contributed by atoms with Gasteiger partial charge in [-0.2, -0.15) is 0 Å². The zero-order valence-electron chi connectivity index (χ0n) is 11.5.